The summed E-state index contributed by atoms with van der Waals surface area (Å²) in [5.74, 6) is -3.33. The maximum absolute atomic E-state index is 9.10. The molecular weight excluding hydrogens is 208 g/mol. The Morgan fingerprint density at radius 3 is 1.33 bits per heavy atom. The number of carbonyl (C=O) groups is 2. The first-order chi connectivity index (χ1) is 6.04. The van der Waals surface area contributed by atoms with Gasteiger partial charge in [-0.15, -0.1) is 0 Å². The number of aliphatic carboxylic acids is 2. The third kappa shape index (κ3) is 11.9. The smallest absolute Gasteiger partial charge is 0.414 e. The van der Waals surface area contributed by atoms with Gasteiger partial charge in [-0.1, -0.05) is 18.2 Å². The predicted octanol–water partition coefficient (Wildman–Crippen LogP) is -1.10. The fourth-order valence-corrected chi connectivity index (χ4v) is 0.428. The van der Waals surface area contributed by atoms with Gasteiger partial charge in [0, 0.05) is 0 Å². The second-order valence-electron chi connectivity index (χ2n) is 1.95. The van der Waals surface area contributed by atoms with E-state index in [2.05, 4.69) is 0 Å². The zero-order valence-corrected chi connectivity index (χ0v) is 7.54. The Bertz CT molecular complexity index is 270. The number of para-hydroxylation sites is 1. The van der Waals surface area contributed by atoms with Gasteiger partial charge in [0.2, 0.25) is 0 Å². The fraction of sp³-hybridized carbons (Fsp3) is 0. The Labute approximate surface area is 84.8 Å². The Morgan fingerprint density at radius 2 is 1.20 bits per heavy atom. The van der Waals surface area contributed by atoms with Gasteiger partial charge in [-0.25, -0.2) is 9.59 Å². The van der Waals surface area contributed by atoms with Crippen molar-refractivity contribution in [2.45, 2.75) is 0 Å². The van der Waals surface area contributed by atoms with E-state index in [-0.39, 0.29) is 11.0 Å². The molecule has 0 fully saturated rings. The van der Waals surface area contributed by atoms with Crippen molar-refractivity contribution in [3.63, 3.8) is 0 Å². The van der Waals surface area contributed by atoms with E-state index in [1.165, 1.54) is 0 Å². The summed E-state index contributed by atoms with van der Waals surface area (Å²) in [7, 11) is 0. The van der Waals surface area contributed by atoms with Crippen LogP contribution in [0, 0.1) is 0 Å². The van der Waals surface area contributed by atoms with E-state index in [0.717, 1.165) is 0 Å². The SMILES string of the molecule is O.O.O=C(O)C(=O)O.Oc1ccccc1. The van der Waals surface area contributed by atoms with Crippen molar-refractivity contribution in [1.29, 1.82) is 0 Å². The number of aromatic hydroxyl groups is 1. The maximum Gasteiger partial charge on any atom is 0.414 e. The molecule has 0 aromatic heterocycles. The van der Waals surface area contributed by atoms with Crippen molar-refractivity contribution in [3.05, 3.63) is 30.3 Å². The molecule has 0 saturated carbocycles. The lowest BCUT2D eigenvalue weighted by Crippen LogP contribution is -2.09. The zero-order valence-electron chi connectivity index (χ0n) is 7.54. The average Bonchev–Trinajstić information content (AvgIpc) is 2.06. The number of rotatable bonds is 0. The Hall–Kier alpha value is -2.12. The summed E-state index contributed by atoms with van der Waals surface area (Å²) in [4.78, 5) is 18.2. The van der Waals surface area contributed by atoms with Gasteiger partial charge in [0.1, 0.15) is 5.75 Å². The summed E-state index contributed by atoms with van der Waals surface area (Å²) in [5, 5.41) is 23.4. The van der Waals surface area contributed by atoms with Crippen molar-refractivity contribution < 1.29 is 35.9 Å². The first-order valence-electron chi connectivity index (χ1n) is 3.24. The summed E-state index contributed by atoms with van der Waals surface area (Å²) in [5.41, 5.74) is 0. The molecule has 0 radical (unpaired) electrons. The molecule has 1 aromatic rings. The predicted molar refractivity (Wildman–Crippen MR) is 50.6 cm³/mol. The summed E-state index contributed by atoms with van der Waals surface area (Å²) in [6.45, 7) is 0. The highest BCUT2D eigenvalue weighted by molar-refractivity contribution is 6.27. The van der Waals surface area contributed by atoms with Crippen LogP contribution in [0.5, 0.6) is 5.75 Å². The minimum absolute atomic E-state index is 0. The molecule has 0 bridgehead atoms. The minimum atomic E-state index is -1.82. The number of benzene rings is 1. The molecule has 0 unspecified atom stereocenters. The Morgan fingerprint density at radius 1 is 0.867 bits per heavy atom. The van der Waals surface area contributed by atoms with Gasteiger partial charge in [0.05, 0.1) is 0 Å². The second-order valence-corrected chi connectivity index (χ2v) is 1.95. The quantitative estimate of drug-likeness (QED) is 0.472. The number of carboxylic acids is 2. The van der Waals surface area contributed by atoms with Gasteiger partial charge in [0.25, 0.3) is 0 Å². The highest BCUT2D eigenvalue weighted by atomic mass is 16.4. The number of carboxylic acid groups (broad SMARTS) is 2. The van der Waals surface area contributed by atoms with Crippen molar-refractivity contribution in [2.24, 2.45) is 0 Å². The third-order valence-electron chi connectivity index (χ3n) is 0.939. The van der Waals surface area contributed by atoms with Gasteiger partial charge < -0.3 is 26.3 Å². The molecule has 0 aliphatic rings. The van der Waals surface area contributed by atoms with Gasteiger partial charge >= 0.3 is 11.9 Å². The molecule has 7 nitrogen and oxygen atoms in total. The van der Waals surface area contributed by atoms with E-state index in [1.54, 1.807) is 24.3 Å². The monoisotopic (exact) mass is 220 g/mol. The van der Waals surface area contributed by atoms with Gasteiger partial charge in [-0.2, -0.15) is 0 Å². The van der Waals surface area contributed by atoms with Crippen LogP contribution in [-0.4, -0.2) is 38.2 Å². The van der Waals surface area contributed by atoms with E-state index in [0.29, 0.717) is 5.75 Å². The highest BCUT2D eigenvalue weighted by Gasteiger charge is 2.04. The van der Waals surface area contributed by atoms with Crippen LogP contribution >= 0.6 is 0 Å². The summed E-state index contributed by atoms with van der Waals surface area (Å²) >= 11 is 0. The first kappa shape index (κ1) is 18.6. The lowest BCUT2D eigenvalue weighted by molar-refractivity contribution is -0.159. The molecule has 1 rings (SSSR count). The minimum Gasteiger partial charge on any atom is -0.508 e. The van der Waals surface area contributed by atoms with Crippen molar-refractivity contribution in [2.75, 3.05) is 0 Å². The number of hydrogen-bond donors (Lipinski definition) is 3. The van der Waals surface area contributed by atoms with Crippen LogP contribution in [0.25, 0.3) is 0 Å². The first-order valence-corrected chi connectivity index (χ1v) is 3.24. The van der Waals surface area contributed by atoms with Crippen LogP contribution in [0.15, 0.2) is 30.3 Å². The van der Waals surface area contributed by atoms with Gasteiger partial charge in [-0.3, -0.25) is 0 Å². The average molecular weight is 220 g/mol. The lowest BCUT2D eigenvalue weighted by atomic mass is 10.3. The van der Waals surface area contributed by atoms with Crippen molar-refractivity contribution in [1.82, 2.24) is 0 Å². The highest BCUT2D eigenvalue weighted by Crippen LogP contribution is 2.02. The van der Waals surface area contributed by atoms with Crippen LogP contribution in [0.3, 0.4) is 0 Å². The molecule has 15 heavy (non-hydrogen) atoms. The summed E-state index contributed by atoms with van der Waals surface area (Å²) < 4.78 is 0. The third-order valence-corrected chi connectivity index (χ3v) is 0.939. The normalized spacial score (nSPS) is 6.93. The number of hydrogen-bond acceptors (Lipinski definition) is 3. The largest absolute Gasteiger partial charge is 0.508 e. The Kier molecular flexibility index (Phi) is 12.4. The van der Waals surface area contributed by atoms with E-state index >= 15 is 0 Å². The second kappa shape index (κ2) is 9.96. The lowest BCUT2D eigenvalue weighted by Gasteiger charge is -1.82. The Balaban J connectivity index is -0.000000172. The molecule has 0 amide bonds. The number of phenols is 1. The maximum atomic E-state index is 9.10. The van der Waals surface area contributed by atoms with Crippen molar-refractivity contribution in [3.8, 4) is 5.75 Å². The van der Waals surface area contributed by atoms with E-state index in [1.807, 2.05) is 6.07 Å². The number of phenolic OH excluding ortho intramolecular Hbond substituents is 1. The standard InChI is InChI=1S/C6H6O.C2H2O4.2H2O/c7-6-4-2-1-3-5-6;3-1(4)2(5)6;;/h1-5,7H;(H,3,4)(H,5,6);2*1H2. The summed E-state index contributed by atoms with van der Waals surface area (Å²) in [6, 6.07) is 8.71. The van der Waals surface area contributed by atoms with Crippen LogP contribution in [0.1, 0.15) is 0 Å². The molecule has 0 heterocycles. The molecular formula is C8H12O7. The van der Waals surface area contributed by atoms with Crippen LogP contribution in [0.2, 0.25) is 0 Å². The molecule has 7 heteroatoms. The van der Waals surface area contributed by atoms with Gasteiger partial charge in [-0.05, 0) is 12.1 Å². The van der Waals surface area contributed by atoms with E-state index < -0.39 is 11.9 Å². The van der Waals surface area contributed by atoms with Crippen molar-refractivity contribution >= 4 is 11.9 Å². The molecule has 1 aromatic carbocycles. The van der Waals surface area contributed by atoms with E-state index in [9.17, 15) is 0 Å². The molecule has 0 atom stereocenters. The van der Waals surface area contributed by atoms with Gasteiger partial charge in [0.15, 0.2) is 0 Å². The van der Waals surface area contributed by atoms with Crippen LogP contribution in [0.4, 0.5) is 0 Å². The van der Waals surface area contributed by atoms with Crippen LogP contribution < -0.4 is 0 Å². The topological polar surface area (TPSA) is 158 Å². The molecule has 86 valence electrons. The molecule has 0 spiro atoms. The van der Waals surface area contributed by atoms with E-state index in [4.69, 9.17) is 24.9 Å². The van der Waals surface area contributed by atoms with Crippen LogP contribution in [-0.2, 0) is 9.59 Å². The molecule has 7 N–H and O–H groups in total. The zero-order chi connectivity index (χ0) is 10.3. The molecule has 0 aliphatic heterocycles. The summed E-state index contributed by atoms with van der Waals surface area (Å²) in [6.07, 6.45) is 0. The molecule has 0 aliphatic carbocycles. The fourth-order valence-electron chi connectivity index (χ4n) is 0.428. The molecule has 0 saturated heterocycles.